The summed E-state index contributed by atoms with van der Waals surface area (Å²) in [6.45, 7) is 0.0928. The van der Waals surface area contributed by atoms with Crippen molar-refractivity contribution in [3.63, 3.8) is 0 Å². The second-order valence-corrected chi connectivity index (χ2v) is 6.10. The number of hydrogen-bond acceptors (Lipinski definition) is 4. The van der Waals surface area contributed by atoms with Gasteiger partial charge in [0.15, 0.2) is 5.78 Å². The first-order valence-electron chi connectivity index (χ1n) is 8.61. The standard InChI is InChI=1S/C22H19NO4/c24-14-18(23-22(26)27-15-16-7-2-1-3-8-16)13-21(25)20-12-6-10-17-9-4-5-11-19(17)20/h1-12,14,18H,13,15H2,(H,23,26). The van der Waals surface area contributed by atoms with Gasteiger partial charge in [0.1, 0.15) is 12.9 Å². The molecule has 0 aliphatic heterocycles. The molecule has 1 amide bonds. The van der Waals surface area contributed by atoms with E-state index >= 15 is 0 Å². The first-order chi connectivity index (χ1) is 13.2. The van der Waals surface area contributed by atoms with Crippen molar-refractivity contribution in [3.05, 3.63) is 83.9 Å². The highest BCUT2D eigenvalue weighted by Gasteiger charge is 2.19. The van der Waals surface area contributed by atoms with Crippen molar-refractivity contribution in [2.75, 3.05) is 0 Å². The first-order valence-corrected chi connectivity index (χ1v) is 8.61. The molecule has 0 aromatic heterocycles. The SMILES string of the molecule is O=CC(CC(=O)c1cccc2ccccc12)NC(=O)OCc1ccccc1. The average Bonchev–Trinajstić information content (AvgIpc) is 2.72. The molecule has 3 aromatic carbocycles. The molecule has 5 heteroatoms. The first kappa shape index (κ1) is 18.3. The van der Waals surface area contributed by atoms with E-state index in [2.05, 4.69) is 5.32 Å². The van der Waals surface area contributed by atoms with Crippen LogP contribution in [0.5, 0.6) is 0 Å². The average molecular weight is 361 g/mol. The molecular formula is C22H19NO4. The lowest BCUT2D eigenvalue weighted by molar-refractivity contribution is -0.109. The number of hydrogen-bond donors (Lipinski definition) is 1. The summed E-state index contributed by atoms with van der Waals surface area (Å²) in [5, 5.41) is 4.20. The van der Waals surface area contributed by atoms with Crippen molar-refractivity contribution < 1.29 is 19.1 Å². The van der Waals surface area contributed by atoms with E-state index in [4.69, 9.17) is 4.74 Å². The highest BCUT2D eigenvalue weighted by molar-refractivity contribution is 6.09. The van der Waals surface area contributed by atoms with Gasteiger partial charge in [0.05, 0.1) is 6.04 Å². The van der Waals surface area contributed by atoms with Crippen molar-refractivity contribution in [1.29, 1.82) is 0 Å². The maximum Gasteiger partial charge on any atom is 0.408 e. The van der Waals surface area contributed by atoms with Crippen LogP contribution in [0.15, 0.2) is 72.8 Å². The fourth-order valence-corrected chi connectivity index (χ4v) is 2.83. The van der Waals surface area contributed by atoms with Crippen LogP contribution in [0, 0.1) is 0 Å². The van der Waals surface area contributed by atoms with E-state index in [9.17, 15) is 14.4 Å². The van der Waals surface area contributed by atoms with Gasteiger partial charge in [-0.3, -0.25) is 4.79 Å². The lowest BCUT2D eigenvalue weighted by atomic mass is 9.98. The third-order valence-electron chi connectivity index (χ3n) is 4.18. The van der Waals surface area contributed by atoms with E-state index in [1.807, 2.05) is 60.7 Å². The molecule has 0 spiro atoms. The summed E-state index contributed by atoms with van der Waals surface area (Å²) >= 11 is 0. The third-order valence-corrected chi connectivity index (χ3v) is 4.18. The van der Waals surface area contributed by atoms with E-state index in [0.717, 1.165) is 16.3 Å². The minimum absolute atomic E-state index is 0.0928. The van der Waals surface area contributed by atoms with Gasteiger partial charge in [-0.1, -0.05) is 72.8 Å². The number of alkyl carbamates (subject to hydrolysis) is 1. The second-order valence-electron chi connectivity index (χ2n) is 6.10. The fourth-order valence-electron chi connectivity index (χ4n) is 2.83. The molecule has 0 bridgehead atoms. The molecular weight excluding hydrogens is 342 g/mol. The normalized spacial score (nSPS) is 11.6. The number of benzene rings is 3. The Morgan fingerprint density at radius 3 is 2.41 bits per heavy atom. The smallest absolute Gasteiger partial charge is 0.408 e. The summed E-state index contributed by atoms with van der Waals surface area (Å²) in [5.41, 5.74) is 1.36. The Labute approximate surface area is 157 Å². The van der Waals surface area contributed by atoms with Gasteiger partial charge in [0.2, 0.25) is 0 Å². The number of carbonyl (C=O) groups excluding carboxylic acids is 3. The zero-order valence-electron chi connectivity index (χ0n) is 14.6. The van der Waals surface area contributed by atoms with Crippen molar-refractivity contribution in [3.8, 4) is 0 Å². The summed E-state index contributed by atoms with van der Waals surface area (Å²) in [6, 6.07) is 21.2. The molecule has 136 valence electrons. The lowest BCUT2D eigenvalue weighted by Gasteiger charge is -2.13. The van der Waals surface area contributed by atoms with Gasteiger partial charge >= 0.3 is 6.09 Å². The Balaban J connectivity index is 1.61. The molecule has 0 heterocycles. The van der Waals surface area contributed by atoms with Gasteiger partial charge in [-0.15, -0.1) is 0 Å². The maximum atomic E-state index is 12.6. The maximum absolute atomic E-state index is 12.6. The second kappa shape index (κ2) is 8.76. The molecule has 5 nitrogen and oxygen atoms in total. The van der Waals surface area contributed by atoms with E-state index in [0.29, 0.717) is 11.8 Å². The molecule has 0 saturated carbocycles. The van der Waals surface area contributed by atoms with Crippen molar-refractivity contribution in [2.45, 2.75) is 19.1 Å². The van der Waals surface area contributed by atoms with Gasteiger partial charge in [-0.2, -0.15) is 0 Å². The Hall–Kier alpha value is -3.47. The molecule has 3 rings (SSSR count). The van der Waals surface area contributed by atoms with Crippen molar-refractivity contribution >= 4 is 28.9 Å². The number of fused-ring (bicyclic) bond motifs is 1. The van der Waals surface area contributed by atoms with Crippen LogP contribution in [0.2, 0.25) is 0 Å². The van der Waals surface area contributed by atoms with E-state index < -0.39 is 12.1 Å². The van der Waals surface area contributed by atoms with Gasteiger partial charge < -0.3 is 14.8 Å². The minimum Gasteiger partial charge on any atom is -0.445 e. The van der Waals surface area contributed by atoms with Gasteiger partial charge in [0.25, 0.3) is 0 Å². The molecule has 0 radical (unpaired) electrons. The Bertz CT molecular complexity index is 947. The lowest BCUT2D eigenvalue weighted by Crippen LogP contribution is -2.38. The third kappa shape index (κ3) is 4.79. The highest BCUT2D eigenvalue weighted by Crippen LogP contribution is 2.20. The molecule has 3 aromatic rings. The number of carbonyl (C=O) groups is 3. The number of nitrogens with one attached hydrogen (secondary N) is 1. The predicted molar refractivity (Wildman–Crippen MR) is 103 cm³/mol. The van der Waals surface area contributed by atoms with Crippen molar-refractivity contribution in [1.82, 2.24) is 5.32 Å². The molecule has 1 unspecified atom stereocenters. The van der Waals surface area contributed by atoms with Crippen molar-refractivity contribution in [2.24, 2.45) is 0 Å². The monoisotopic (exact) mass is 361 g/mol. The van der Waals surface area contributed by atoms with Gasteiger partial charge in [-0.25, -0.2) is 4.79 Å². The topological polar surface area (TPSA) is 72.5 Å². The largest absolute Gasteiger partial charge is 0.445 e. The van der Waals surface area contributed by atoms with E-state index in [1.54, 1.807) is 12.1 Å². The molecule has 0 aliphatic rings. The molecule has 27 heavy (non-hydrogen) atoms. The number of ether oxygens (including phenoxy) is 1. The zero-order valence-corrected chi connectivity index (χ0v) is 14.6. The van der Waals surface area contributed by atoms with Crippen LogP contribution in [0.25, 0.3) is 10.8 Å². The minimum atomic E-state index is -0.945. The van der Waals surface area contributed by atoms with Gasteiger partial charge in [-0.05, 0) is 16.3 Å². The molecule has 0 aliphatic carbocycles. The van der Waals surface area contributed by atoms with Crippen LogP contribution in [0.1, 0.15) is 22.3 Å². The van der Waals surface area contributed by atoms with Crippen LogP contribution in [0.4, 0.5) is 4.79 Å². The molecule has 1 N–H and O–H groups in total. The number of amides is 1. The summed E-state index contributed by atoms with van der Waals surface area (Å²) < 4.78 is 5.10. The number of aldehydes is 1. The summed E-state index contributed by atoms with van der Waals surface area (Å²) in [4.78, 5) is 35.9. The van der Waals surface area contributed by atoms with Crippen LogP contribution in [-0.4, -0.2) is 24.2 Å². The van der Waals surface area contributed by atoms with Crippen LogP contribution < -0.4 is 5.32 Å². The molecule has 0 fully saturated rings. The Kier molecular flexibility index (Phi) is 5.94. The quantitative estimate of drug-likeness (QED) is 0.512. The Morgan fingerprint density at radius 1 is 0.926 bits per heavy atom. The van der Waals surface area contributed by atoms with Gasteiger partial charge in [0, 0.05) is 12.0 Å². The van der Waals surface area contributed by atoms with E-state index in [-0.39, 0.29) is 18.8 Å². The number of Topliss-reactive ketones (excluding diaryl/α,β-unsaturated/α-hetero) is 1. The molecule has 1 atom stereocenters. The predicted octanol–water partition coefficient (Wildman–Crippen LogP) is 3.91. The van der Waals surface area contributed by atoms with Crippen LogP contribution >= 0.6 is 0 Å². The zero-order chi connectivity index (χ0) is 19.1. The number of rotatable bonds is 7. The van der Waals surface area contributed by atoms with Crippen LogP contribution in [0.3, 0.4) is 0 Å². The fraction of sp³-hybridized carbons (Fsp3) is 0.136. The summed E-state index contributed by atoms with van der Waals surface area (Å²) in [6.07, 6.45) is -0.313. The summed E-state index contributed by atoms with van der Waals surface area (Å²) in [5.74, 6) is -0.216. The summed E-state index contributed by atoms with van der Waals surface area (Å²) in [7, 11) is 0. The van der Waals surface area contributed by atoms with Crippen LogP contribution in [-0.2, 0) is 16.1 Å². The van der Waals surface area contributed by atoms with E-state index in [1.165, 1.54) is 0 Å². The molecule has 0 saturated heterocycles. The Morgan fingerprint density at radius 2 is 1.63 bits per heavy atom. The highest BCUT2D eigenvalue weighted by atomic mass is 16.5. The number of ketones is 1.